The Morgan fingerprint density at radius 3 is 2.52 bits per heavy atom. The second kappa shape index (κ2) is 6.84. The summed E-state index contributed by atoms with van der Waals surface area (Å²) < 4.78 is 37.7. The minimum atomic E-state index is -3.80. The SMILES string of the molecule is O=[N+]([O-])c1cccc(C(O)CS(=O)(=O)Cc2ccccc2F)c1. The molecule has 1 unspecified atom stereocenters. The van der Waals surface area contributed by atoms with Crippen LogP contribution >= 0.6 is 0 Å². The maximum absolute atomic E-state index is 13.5. The van der Waals surface area contributed by atoms with Crippen LogP contribution in [0.25, 0.3) is 0 Å². The van der Waals surface area contributed by atoms with Gasteiger partial charge in [-0.05, 0) is 11.6 Å². The van der Waals surface area contributed by atoms with Crippen molar-refractivity contribution in [2.45, 2.75) is 11.9 Å². The first kappa shape index (κ1) is 17.0. The molecule has 1 atom stereocenters. The summed E-state index contributed by atoms with van der Waals surface area (Å²) in [6.07, 6.45) is -1.42. The first-order chi connectivity index (χ1) is 10.8. The van der Waals surface area contributed by atoms with Gasteiger partial charge in [-0.1, -0.05) is 30.3 Å². The Balaban J connectivity index is 2.15. The summed E-state index contributed by atoms with van der Waals surface area (Å²) in [5.74, 6) is -1.84. The van der Waals surface area contributed by atoms with Gasteiger partial charge in [-0.15, -0.1) is 0 Å². The van der Waals surface area contributed by atoms with Gasteiger partial charge in [0.25, 0.3) is 5.69 Å². The monoisotopic (exact) mass is 339 g/mol. The van der Waals surface area contributed by atoms with Crippen LogP contribution in [0.1, 0.15) is 17.2 Å². The molecule has 2 aromatic carbocycles. The Morgan fingerprint density at radius 1 is 1.17 bits per heavy atom. The summed E-state index contributed by atoms with van der Waals surface area (Å²) in [6, 6.07) is 10.6. The average molecular weight is 339 g/mol. The molecular weight excluding hydrogens is 325 g/mol. The van der Waals surface area contributed by atoms with E-state index in [2.05, 4.69) is 0 Å². The number of rotatable bonds is 6. The van der Waals surface area contributed by atoms with Gasteiger partial charge in [0, 0.05) is 17.7 Å². The summed E-state index contributed by atoms with van der Waals surface area (Å²) in [5.41, 5.74) is -0.108. The lowest BCUT2D eigenvalue weighted by Gasteiger charge is -2.12. The largest absolute Gasteiger partial charge is 0.387 e. The third kappa shape index (κ3) is 4.57. The van der Waals surface area contributed by atoms with E-state index in [0.717, 1.165) is 12.1 Å². The second-order valence-corrected chi connectivity index (χ2v) is 7.12. The number of nitro benzene ring substituents is 1. The maximum Gasteiger partial charge on any atom is 0.269 e. The molecule has 122 valence electrons. The molecular formula is C15H14FNO5S. The van der Waals surface area contributed by atoms with Crippen LogP contribution in [0.15, 0.2) is 48.5 Å². The molecule has 0 bridgehead atoms. The third-order valence-electron chi connectivity index (χ3n) is 3.21. The van der Waals surface area contributed by atoms with E-state index in [9.17, 15) is 28.0 Å². The number of aliphatic hydroxyl groups excluding tert-OH is 1. The fourth-order valence-corrected chi connectivity index (χ4v) is 3.59. The first-order valence-electron chi connectivity index (χ1n) is 6.65. The lowest BCUT2D eigenvalue weighted by atomic mass is 10.1. The minimum absolute atomic E-state index is 0.0127. The van der Waals surface area contributed by atoms with Gasteiger partial charge in [0.1, 0.15) is 5.82 Å². The molecule has 6 nitrogen and oxygen atoms in total. The number of non-ortho nitro benzene ring substituents is 1. The summed E-state index contributed by atoms with van der Waals surface area (Å²) in [6.45, 7) is 0. The van der Waals surface area contributed by atoms with Gasteiger partial charge >= 0.3 is 0 Å². The Hall–Kier alpha value is -2.32. The van der Waals surface area contributed by atoms with Crippen molar-refractivity contribution in [2.24, 2.45) is 0 Å². The lowest BCUT2D eigenvalue weighted by Crippen LogP contribution is -2.17. The van der Waals surface area contributed by atoms with Crippen LogP contribution in [0.4, 0.5) is 10.1 Å². The van der Waals surface area contributed by atoms with E-state index in [-0.39, 0.29) is 16.8 Å². The molecule has 2 rings (SSSR count). The molecule has 0 aromatic heterocycles. The highest BCUT2D eigenvalue weighted by molar-refractivity contribution is 7.90. The molecule has 0 aliphatic heterocycles. The van der Waals surface area contributed by atoms with Crippen LogP contribution in [0.2, 0.25) is 0 Å². The molecule has 0 radical (unpaired) electrons. The van der Waals surface area contributed by atoms with Crippen LogP contribution in [0.5, 0.6) is 0 Å². The third-order valence-corrected chi connectivity index (χ3v) is 4.79. The molecule has 0 aliphatic carbocycles. The molecule has 1 N–H and O–H groups in total. The molecule has 2 aromatic rings. The highest BCUT2D eigenvalue weighted by atomic mass is 32.2. The van der Waals surface area contributed by atoms with Crippen molar-refractivity contribution in [2.75, 3.05) is 5.75 Å². The number of aliphatic hydroxyl groups is 1. The normalized spacial score (nSPS) is 12.8. The van der Waals surface area contributed by atoms with Gasteiger partial charge in [-0.25, -0.2) is 12.8 Å². The fourth-order valence-electron chi connectivity index (χ4n) is 2.09. The molecule has 0 aliphatic rings. The number of hydrogen-bond acceptors (Lipinski definition) is 5. The zero-order valence-electron chi connectivity index (χ0n) is 11.9. The quantitative estimate of drug-likeness (QED) is 0.644. The number of sulfone groups is 1. The zero-order valence-corrected chi connectivity index (χ0v) is 12.7. The molecule has 23 heavy (non-hydrogen) atoms. The predicted octanol–water partition coefficient (Wildman–Crippen LogP) is 2.38. The van der Waals surface area contributed by atoms with Gasteiger partial charge < -0.3 is 5.11 Å². The highest BCUT2D eigenvalue weighted by Gasteiger charge is 2.22. The van der Waals surface area contributed by atoms with Crippen molar-refractivity contribution in [3.05, 3.63) is 75.6 Å². The zero-order chi connectivity index (χ0) is 17.0. The van der Waals surface area contributed by atoms with E-state index in [1.54, 1.807) is 0 Å². The van der Waals surface area contributed by atoms with Crippen LogP contribution < -0.4 is 0 Å². The van der Waals surface area contributed by atoms with Crippen LogP contribution in [-0.4, -0.2) is 24.2 Å². The van der Waals surface area contributed by atoms with E-state index in [4.69, 9.17) is 0 Å². The van der Waals surface area contributed by atoms with E-state index in [0.29, 0.717) is 0 Å². The van der Waals surface area contributed by atoms with Gasteiger partial charge in [0.15, 0.2) is 9.84 Å². The van der Waals surface area contributed by atoms with Crippen molar-refractivity contribution in [3.8, 4) is 0 Å². The van der Waals surface area contributed by atoms with Crippen molar-refractivity contribution < 1.29 is 22.8 Å². The minimum Gasteiger partial charge on any atom is -0.387 e. The molecule has 0 amide bonds. The van der Waals surface area contributed by atoms with Crippen LogP contribution in [0, 0.1) is 15.9 Å². The molecule has 0 fully saturated rings. The number of benzene rings is 2. The average Bonchev–Trinajstić information content (AvgIpc) is 2.49. The molecule has 0 saturated heterocycles. The fraction of sp³-hybridized carbons (Fsp3) is 0.200. The summed E-state index contributed by atoms with van der Waals surface area (Å²) >= 11 is 0. The number of nitrogens with zero attached hydrogens (tertiary/aromatic N) is 1. The number of nitro groups is 1. The Morgan fingerprint density at radius 2 is 1.87 bits per heavy atom. The van der Waals surface area contributed by atoms with Gasteiger partial charge in [0.2, 0.25) is 0 Å². The van der Waals surface area contributed by atoms with Crippen molar-refractivity contribution >= 4 is 15.5 Å². The lowest BCUT2D eigenvalue weighted by molar-refractivity contribution is -0.385. The van der Waals surface area contributed by atoms with Crippen LogP contribution in [-0.2, 0) is 15.6 Å². The van der Waals surface area contributed by atoms with E-state index >= 15 is 0 Å². The summed E-state index contributed by atoms with van der Waals surface area (Å²) in [4.78, 5) is 10.1. The van der Waals surface area contributed by atoms with Crippen molar-refractivity contribution in [3.63, 3.8) is 0 Å². The maximum atomic E-state index is 13.5. The van der Waals surface area contributed by atoms with E-state index in [1.807, 2.05) is 0 Å². The number of halogens is 1. The summed E-state index contributed by atoms with van der Waals surface area (Å²) in [7, 11) is -3.80. The van der Waals surface area contributed by atoms with Gasteiger partial charge in [-0.2, -0.15) is 0 Å². The van der Waals surface area contributed by atoms with Gasteiger partial charge in [-0.3, -0.25) is 10.1 Å². The van der Waals surface area contributed by atoms with Crippen molar-refractivity contribution in [1.29, 1.82) is 0 Å². The Bertz CT molecular complexity index is 822. The predicted molar refractivity (Wildman–Crippen MR) is 81.9 cm³/mol. The second-order valence-electron chi connectivity index (χ2n) is 5.01. The Kier molecular flexibility index (Phi) is 5.07. The first-order valence-corrected chi connectivity index (χ1v) is 8.47. The smallest absolute Gasteiger partial charge is 0.269 e. The topological polar surface area (TPSA) is 97.5 Å². The molecule has 0 heterocycles. The van der Waals surface area contributed by atoms with E-state index in [1.165, 1.54) is 36.4 Å². The van der Waals surface area contributed by atoms with E-state index < -0.39 is 38.2 Å². The van der Waals surface area contributed by atoms with Gasteiger partial charge in [0.05, 0.1) is 22.5 Å². The molecule has 0 saturated carbocycles. The Labute approximate surface area is 132 Å². The number of hydrogen-bond donors (Lipinski definition) is 1. The van der Waals surface area contributed by atoms with Crippen molar-refractivity contribution in [1.82, 2.24) is 0 Å². The highest BCUT2D eigenvalue weighted by Crippen LogP contribution is 2.22. The standard InChI is InChI=1S/C15H14FNO5S/c16-14-7-2-1-4-12(14)9-23(21,22)10-15(18)11-5-3-6-13(8-11)17(19)20/h1-8,15,18H,9-10H2. The molecule has 8 heteroatoms. The summed E-state index contributed by atoms with van der Waals surface area (Å²) in [5, 5.41) is 20.7. The van der Waals surface area contributed by atoms with Crippen LogP contribution in [0.3, 0.4) is 0 Å². The molecule has 0 spiro atoms.